The van der Waals surface area contributed by atoms with Crippen molar-refractivity contribution in [3.05, 3.63) is 24.3 Å². The lowest BCUT2D eigenvalue weighted by Crippen LogP contribution is -2.32. The highest BCUT2D eigenvalue weighted by Crippen LogP contribution is 2.25. The second kappa shape index (κ2) is 3.95. The molecule has 0 spiro atoms. The fourth-order valence-electron chi connectivity index (χ4n) is 1.80. The molecule has 1 aromatic rings. The van der Waals surface area contributed by atoms with E-state index in [1.54, 1.807) is 24.3 Å². The van der Waals surface area contributed by atoms with Crippen LogP contribution in [0.25, 0.3) is 0 Å². The Morgan fingerprint density at radius 2 is 1.88 bits per heavy atom. The Morgan fingerprint density at radius 1 is 1.25 bits per heavy atom. The third-order valence-corrected chi connectivity index (χ3v) is 4.73. The van der Waals surface area contributed by atoms with Crippen LogP contribution in [-0.2, 0) is 10.2 Å². The first kappa shape index (κ1) is 11.2. The highest BCUT2D eigenvalue weighted by molar-refractivity contribution is 7.90. The molecule has 0 radical (unpaired) electrons. The van der Waals surface area contributed by atoms with Crippen LogP contribution in [0.4, 0.5) is 11.4 Å². The Balaban J connectivity index is 2.33. The number of nitrogen functional groups attached to an aromatic ring is 1. The SMILES string of the molecule is CCN1CCN(c2ccc(N)cc2)S1(=O)=O. The van der Waals surface area contributed by atoms with E-state index in [4.69, 9.17) is 5.73 Å². The van der Waals surface area contributed by atoms with Gasteiger partial charge in [-0.05, 0) is 24.3 Å². The molecule has 1 saturated heterocycles. The molecule has 1 aliphatic heterocycles. The molecule has 0 saturated carbocycles. The van der Waals surface area contributed by atoms with Gasteiger partial charge in [-0.2, -0.15) is 12.7 Å². The molecule has 0 aromatic heterocycles. The maximum atomic E-state index is 12.0. The molecule has 2 rings (SSSR count). The molecule has 88 valence electrons. The van der Waals surface area contributed by atoms with Gasteiger partial charge < -0.3 is 5.73 Å². The van der Waals surface area contributed by atoms with Crippen LogP contribution in [0.3, 0.4) is 0 Å². The zero-order valence-electron chi connectivity index (χ0n) is 9.13. The van der Waals surface area contributed by atoms with E-state index in [2.05, 4.69) is 0 Å². The molecule has 0 unspecified atom stereocenters. The van der Waals surface area contributed by atoms with E-state index in [0.29, 0.717) is 31.0 Å². The van der Waals surface area contributed by atoms with E-state index >= 15 is 0 Å². The van der Waals surface area contributed by atoms with Crippen molar-refractivity contribution in [3.63, 3.8) is 0 Å². The molecule has 0 bridgehead atoms. The van der Waals surface area contributed by atoms with Crippen LogP contribution in [-0.4, -0.2) is 32.4 Å². The molecule has 1 fully saturated rings. The largest absolute Gasteiger partial charge is 0.399 e. The Hall–Kier alpha value is -1.27. The Labute approximate surface area is 95.6 Å². The number of hydrogen-bond acceptors (Lipinski definition) is 3. The summed E-state index contributed by atoms with van der Waals surface area (Å²) >= 11 is 0. The average molecular weight is 241 g/mol. The number of anilines is 2. The Bertz CT molecular complexity index is 469. The van der Waals surface area contributed by atoms with Crippen molar-refractivity contribution in [3.8, 4) is 0 Å². The van der Waals surface area contributed by atoms with Gasteiger partial charge in [0, 0.05) is 25.3 Å². The fraction of sp³-hybridized carbons (Fsp3) is 0.400. The highest BCUT2D eigenvalue weighted by Gasteiger charge is 2.35. The van der Waals surface area contributed by atoms with Crippen molar-refractivity contribution in [1.29, 1.82) is 0 Å². The third-order valence-electron chi connectivity index (χ3n) is 2.69. The average Bonchev–Trinajstić information content (AvgIpc) is 2.54. The molecule has 0 atom stereocenters. The van der Waals surface area contributed by atoms with Gasteiger partial charge in [0.25, 0.3) is 0 Å². The predicted molar refractivity (Wildman–Crippen MR) is 64.4 cm³/mol. The lowest BCUT2D eigenvalue weighted by molar-refractivity contribution is 0.469. The topological polar surface area (TPSA) is 66.6 Å². The monoisotopic (exact) mass is 241 g/mol. The summed E-state index contributed by atoms with van der Waals surface area (Å²) in [7, 11) is -3.32. The van der Waals surface area contributed by atoms with Crippen molar-refractivity contribution in [2.75, 3.05) is 29.7 Å². The summed E-state index contributed by atoms with van der Waals surface area (Å²) in [5.74, 6) is 0. The molecule has 2 N–H and O–H groups in total. The van der Waals surface area contributed by atoms with Gasteiger partial charge in [0.1, 0.15) is 0 Å². The summed E-state index contributed by atoms with van der Waals surface area (Å²) < 4.78 is 26.9. The van der Waals surface area contributed by atoms with E-state index in [-0.39, 0.29) is 0 Å². The molecule has 6 heteroatoms. The van der Waals surface area contributed by atoms with Crippen LogP contribution >= 0.6 is 0 Å². The molecule has 0 aliphatic carbocycles. The second-order valence-electron chi connectivity index (χ2n) is 3.66. The summed E-state index contributed by atoms with van der Waals surface area (Å²) in [4.78, 5) is 0. The highest BCUT2D eigenvalue weighted by atomic mass is 32.2. The summed E-state index contributed by atoms with van der Waals surface area (Å²) in [5, 5.41) is 0. The van der Waals surface area contributed by atoms with E-state index < -0.39 is 10.2 Å². The van der Waals surface area contributed by atoms with Gasteiger partial charge in [-0.15, -0.1) is 0 Å². The Morgan fingerprint density at radius 3 is 2.38 bits per heavy atom. The zero-order valence-corrected chi connectivity index (χ0v) is 9.94. The van der Waals surface area contributed by atoms with Gasteiger partial charge in [0.15, 0.2) is 0 Å². The first-order valence-electron chi connectivity index (χ1n) is 5.19. The van der Waals surface area contributed by atoms with Crippen LogP contribution < -0.4 is 10.0 Å². The van der Waals surface area contributed by atoms with Crippen molar-refractivity contribution in [1.82, 2.24) is 4.31 Å². The van der Waals surface area contributed by atoms with Gasteiger partial charge >= 0.3 is 10.2 Å². The first-order valence-corrected chi connectivity index (χ1v) is 6.58. The third kappa shape index (κ3) is 1.74. The predicted octanol–water partition coefficient (Wildman–Crippen LogP) is 0.656. The quantitative estimate of drug-likeness (QED) is 0.773. The number of hydrogen-bond donors (Lipinski definition) is 1. The number of likely N-dealkylation sites (N-methyl/N-ethyl adjacent to an activating group) is 1. The lowest BCUT2D eigenvalue weighted by Gasteiger charge is -2.19. The minimum Gasteiger partial charge on any atom is -0.399 e. The molecule has 1 aliphatic rings. The minimum atomic E-state index is -3.32. The smallest absolute Gasteiger partial charge is 0.304 e. The zero-order chi connectivity index (χ0) is 11.8. The van der Waals surface area contributed by atoms with Crippen LogP contribution in [0.5, 0.6) is 0 Å². The number of nitrogens with two attached hydrogens (primary N) is 1. The summed E-state index contributed by atoms with van der Waals surface area (Å²) in [6, 6.07) is 6.87. The van der Waals surface area contributed by atoms with Crippen LogP contribution in [0, 0.1) is 0 Å². The number of rotatable bonds is 2. The molecular weight excluding hydrogens is 226 g/mol. The maximum absolute atomic E-state index is 12.0. The molecule has 1 aromatic carbocycles. The van der Waals surface area contributed by atoms with Gasteiger partial charge in [-0.1, -0.05) is 6.92 Å². The van der Waals surface area contributed by atoms with Crippen molar-refractivity contribution in [2.45, 2.75) is 6.92 Å². The van der Waals surface area contributed by atoms with Crippen LogP contribution in [0.2, 0.25) is 0 Å². The number of benzene rings is 1. The molecule has 1 heterocycles. The standard InChI is InChI=1S/C10H15N3O2S/c1-2-12-7-8-13(16(12,14)15)10-5-3-9(11)4-6-10/h3-6H,2,7-8,11H2,1H3. The Kier molecular flexibility index (Phi) is 2.77. The second-order valence-corrected chi connectivity index (χ2v) is 5.52. The summed E-state index contributed by atoms with van der Waals surface area (Å²) in [6.45, 7) is 3.39. The minimum absolute atomic E-state index is 0.500. The van der Waals surface area contributed by atoms with Crippen molar-refractivity contribution < 1.29 is 8.42 Å². The van der Waals surface area contributed by atoms with Gasteiger partial charge in [-0.25, -0.2) is 0 Å². The molecule has 0 amide bonds. The number of nitrogens with zero attached hydrogens (tertiary/aromatic N) is 2. The maximum Gasteiger partial charge on any atom is 0.304 e. The van der Waals surface area contributed by atoms with Gasteiger partial charge in [-0.3, -0.25) is 4.31 Å². The first-order chi connectivity index (χ1) is 7.55. The molecule has 5 nitrogen and oxygen atoms in total. The molecular formula is C10H15N3O2S. The van der Waals surface area contributed by atoms with Crippen LogP contribution in [0.1, 0.15) is 6.92 Å². The van der Waals surface area contributed by atoms with Crippen LogP contribution in [0.15, 0.2) is 24.3 Å². The summed E-state index contributed by atoms with van der Waals surface area (Å²) in [5.41, 5.74) is 6.87. The van der Waals surface area contributed by atoms with E-state index in [9.17, 15) is 8.42 Å². The van der Waals surface area contributed by atoms with E-state index in [1.807, 2.05) is 6.92 Å². The van der Waals surface area contributed by atoms with Crippen molar-refractivity contribution in [2.24, 2.45) is 0 Å². The van der Waals surface area contributed by atoms with E-state index in [1.165, 1.54) is 8.61 Å². The molecule has 16 heavy (non-hydrogen) atoms. The fourth-order valence-corrected chi connectivity index (χ4v) is 3.41. The van der Waals surface area contributed by atoms with Crippen molar-refractivity contribution >= 4 is 21.6 Å². The normalized spacial score (nSPS) is 20.2. The lowest BCUT2D eigenvalue weighted by atomic mass is 10.3. The van der Waals surface area contributed by atoms with Gasteiger partial charge in [0.05, 0.1) is 5.69 Å². The summed E-state index contributed by atoms with van der Waals surface area (Å²) in [6.07, 6.45) is 0. The van der Waals surface area contributed by atoms with Gasteiger partial charge in [0.2, 0.25) is 0 Å². The van der Waals surface area contributed by atoms with E-state index in [0.717, 1.165) is 0 Å².